The Bertz CT molecular complexity index is 418. The molecule has 0 spiro atoms. The fraction of sp³-hybridized carbons (Fsp3) is 0.462. The third-order valence-corrected chi connectivity index (χ3v) is 2.55. The zero-order chi connectivity index (χ0) is 13.4. The first-order valence-electron chi connectivity index (χ1n) is 5.72. The highest BCUT2D eigenvalue weighted by atomic mass is 19.1. The van der Waals surface area contributed by atoms with Crippen molar-refractivity contribution in [1.82, 2.24) is 0 Å². The van der Waals surface area contributed by atoms with E-state index in [1.807, 2.05) is 4.90 Å². The summed E-state index contributed by atoms with van der Waals surface area (Å²) >= 11 is 0. The van der Waals surface area contributed by atoms with Gasteiger partial charge in [0.25, 0.3) is 0 Å². The van der Waals surface area contributed by atoms with Crippen LogP contribution < -0.4 is 4.90 Å². The molecule has 98 valence electrons. The summed E-state index contributed by atoms with van der Waals surface area (Å²) in [7, 11) is 1.59. The number of halogens is 1. The Morgan fingerprint density at radius 2 is 2.17 bits per heavy atom. The molecule has 4 nitrogen and oxygen atoms in total. The largest absolute Gasteiger partial charge is 0.392 e. The molecule has 1 aromatic carbocycles. The van der Waals surface area contributed by atoms with Crippen molar-refractivity contribution in [1.29, 1.82) is 5.26 Å². The fourth-order valence-corrected chi connectivity index (χ4v) is 1.66. The molecule has 5 heteroatoms. The quantitative estimate of drug-likeness (QED) is 0.802. The summed E-state index contributed by atoms with van der Waals surface area (Å²) in [5.41, 5.74) is 1.18. The van der Waals surface area contributed by atoms with Crippen molar-refractivity contribution >= 4 is 5.69 Å². The molecule has 0 unspecified atom stereocenters. The smallest absolute Gasteiger partial charge is 0.125 e. The Kier molecular flexibility index (Phi) is 6.12. The van der Waals surface area contributed by atoms with Crippen LogP contribution in [0.15, 0.2) is 18.2 Å². The molecule has 0 fully saturated rings. The van der Waals surface area contributed by atoms with Crippen molar-refractivity contribution in [2.75, 3.05) is 31.7 Å². The van der Waals surface area contributed by atoms with E-state index >= 15 is 0 Å². The minimum atomic E-state index is -0.393. The summed E-state index contributed by atoms with van der Waals surface area (Å²) in [4.78, 5) is 1.87. The first-order chi connectivity index (χ1) is 8.71. The van der Waals surface area contributed by atoms with Crippen LogP contribution in [-0.2, 0) is 11.3 Å². The Morgan fingerprint density at radius 3 is 2.78 bits per heavy atom. The monoisotopic (exact) mass is 252 g/mol. The van der Waals surface area contributed by atoms with Gasteiger partial charge in [0.2, 0.25) is 0 Å². The normalized spacial score (nSPS) is 10.1. The van der Waals surface area contributed by atoms with Crippen molar-refractivity contribution in [2.24, 2.45) is 0 Å². The minimum absolute atomic E-state index is 0.207. The third-order valence-electron chi connectivity index (χ3n) is 2.55. The van der Waals surface area contributed by atoms with Crippen molar-refractivity contribution < 1.29 is 14.2 Å². The second kappa shape index (κ2) is 7.64. The van der Waals surface area contributed by atoms with E-state index in [4.69, 9.17) is 15.1 Å². The molecular weight excluding hydrogens is 235 g/mol. The predicted octanol–water partition coefficient (Wildman–Crippen LogP) is 1.68. The summed E-state index contributed by atoms with van der Waals surface area (Å²) in [6, 6.07) is 6.47. The zero-order valence-electron chi connectivity index (χ0n) is 10.4. The topological polar surface area (TPSA) is 56.5 Å². The first-order valence-corrected chi connectivity index (χ1v) is 5.72. The number of hydrogen-bond donors (Lipinski definition) is 1. The van der Waals surface area contributed by atoms with E-state index in [0.717, 1.165) is 0 Å². The molecule has 0 atom stereocenters. The molecule has 1 aromatic rings. The van der Waals surface area contributed by atoms with Gasteiger partial charge in [-0.2, -0.15) is 5.26 Å². The molecule has 0 heterocycles. The molecule has 0 amide bonds. The van der Waals surface area contributed by atoms with Crippen LogP contribution in [0.5, 0.6) is 0 Å². The van der Waals surface area contributed by atoms with Crippen LogP contribution in [0.3, 0.4) is 0 Å². The van der Waals surface area contributed by atoms with Gasteiger partial charge in [0, 0.05) is 25.9 Å². The molecule has 0 bridgehead atoms. The van der Waals surface area contributed by atoms with Gasteiger partial charge in [0.1, 0.15) is 5.82 Å². The van der Waals surface area contributed by atoms with Crippen LogP contribution in [0.25, 0.3) is 0 Å². The molecule has 0 saturated heterocycles. The molecule has 18 heavy (non-hydrogen) atoms. The van der Waals surface area contributed by atoms with E-state index in [2.05, 4.69) is 6.07 Å². The highest BCUT2D eigenvalue weighted by Crippen LogP contribution is 2.19. The van der Waals surface area contributed by atoms with E-state index in [-0.39, 0.29) is 6.61 Å². The zero-order valence-corrected chi connectivity index (χ0v) is 10.4. The fourth-order valence-electron chi connectivity index (χ4n) is 1.66. The summed E-state index contributed by atoms with van der Waals surface area (Å²) in [5.74, 6) is -0.393. The maximum Gasteiger partial charge on any atom is 0.125 e. The van der Waals surface area contributed by atoms with Gasteiger partial charge in [-0.1, -0.05) is 0 Å². The third kappa shape index (κ3) is 4.32. The van der Waals surface area contributed by atoms with E-state index in [0.29, 0.717) is 37.4 Å². The average molecular weight is 252 g/mol. The lowest BCUT2D eigenvalue weighted by molar-refractivity contribution is 0.205. The Balaban J connectivity index is 2.88. The van der Waals surface area contributed by atoms with Crippen molar-refractivity contribution in [2.45, 2.75) is 13.0 Å². The molecular formula is C13H17FN2O2. The maximum atomic E-state index is 13.4. The molecule has 0 aromatic heterocycles. The van der Waals surface area contributed by atoms with Crippen molar-refractivity contribution in [3.05, 3.63) is 29.6 Å². The average Bonchev–Trinajstić information content (AvgIpc) is 2.38. The molecule has 1 rings (SSSR count). The van der Waals surface area contributed by atoms with E-state index in [1.165, 1.54) is 12.1 Å². The van der Waals surface area contributed by atoms with Gasteiger partial charge in [-0.15, -0.1) is 0 Å². The van der Waals surface area contributed by atoms with Crippen LogP contribution in [-0.4, -0.2) is 31.9 Å². The van der Waals surface area contributed by atoms with Crippen LogP contribution in [0.2, 0.25) is 0 Å². The van der Waals surface area contributed by atoms with Crippen LogP contribution >= 0.6 is 0 Å². The highest BCUT2D eigenvalue weighted by Gasteiger charge is 2.09. The Hall–Kier alpha value is -1.64. The number of methoxy groups -OCH3 is 1. The Morgan fingerprint density at radius 1 is 1.39 bits per heavy atom. The second-order valence-electron chi connectivity index (χ2n) is 3.86. The summed E-state index contributed by atoms with van der Waals surface area (Å²) in [6.07, 6.45) is 0.356. The SMILES string of the molecule is COCCN(CCC#N)c1cc(F)cc(CO)c1. The highest BCUT2D eigenvalue weighted by molar-refractivity contribution is 5.49. The lowest BCUT2D eigenvalue weighted by atomic mass is 10.2. The van der Waals surface area contributed by atoms with Gasteiger partial charge in [-0.25, -0.2) is 4.39 Å². The number of rotatable bonds is 7. The van der Waals surface area contributed by atoms with Gasteiger partial charge in [0.15, 0.2) is 0 Å². The standard InChI is InChI=1S/C13H17FN2O2/c1-18-6-5-16(4-2-3-15)13-8-11(10-17)7-12(14)9-13/h7-9,17H,2,4-6,10H2,1H3. The van der Waals surface area contributed by atoms with Gasteiger partial charge >= 0.3 is 0 Å². The number of nitriles is 1. The van der Waals surface area contributed by atoms with Crippen LogP contribution in [0, 0.1) is 17.1 Å². The van der Waals surface area contributed by atoms with Crippen molar-refractivity contribution in [3.63, 3.8) is 0 Å². The molecule has 0 aliphatic rings. The number of ether oxygens (including phenoxy) is 1. The van der Waals surface area contributed by atoms with E-state index in [9.17, 15) is 4.39 Å². The first kappa shape index (κ1) is 14.4. The molecule has 1 N–H and O–H groups in total. The molecule has 0 aliphatic heterocycles. The van der Waals surface area contributed by atoms with Gasteiger partial charge in [-0.3, -0.25) is 0 Å². The van der Waals surface area contributed by atoms with Crippen LogP contribution in [0.1, 0.15) is 12.0 Å². The van der Waals surface area contributed by atoms with Gasteiger partial charge in [-0.05, 0) is 23.8 Å². The van der Waals surface area contributed by atoms with E-state index < -0.39 is 5.82 Å². The second-order valence-corrected chi connectivity index (χ2v) is 3.86. The Labute approximate surface area is 106 Å². The maximum absolute atomic E-state index is 13.4. The van der Waals surface area contributed by atoms with Gasteiger partial charge < -0.3 is 14.7 Å². The predicted molar refractivity (Wildman–Crippen MR) is 66.6 cm³/mol. The summed E-state index contributed by atoms with van der Waals surface area (Å²) in [6.45, 7) is 1.37. The number of nitrogens with zero attached hydrogens (tertiary/aromatic N) is 2. The number of aliphatic hydroxyl groups is 1. The van der Waals surface area contributed by atoms with E-state index in [1.54, 1.807) is 13.2 Å². The summed E-state index contributed by atoms with van der Waals surface area (Å²) in [5, 5.41) is 17.7. The molecule has 0 radical (unpaired) electrons. The summed E-state index contributed by atoms with van der Waals surface area (Å²) < 4.78 is 18.4. The molecule has 0 saturated carbocycles. The minimum Gasteiger partial charge on any atom is -0.392 e. The molecule has 0 aliphatic carbocycles. The number of anilines is 1. The lowest BCUT2D eigenvalue weighted by Crippen LogP contribution is -2.28. The van der Waals surface area contributed by atoms with Crippen molar-refractivity contribution in [3.8, 4) is 6.07 Å². The van der Waals surface area contributed by atoms with Crippen LogP contribution in [0.4, 0.5) is 10.1 Å². The number of aliphatic hydroxyl groups excluding tert-OH is 1. The van der Waals surface area contributed by atoms with Gasteiger partial charge in [0.05, 0.1) is 25.7 Å². The lowest BCUT2D eigenvalue weighted by Gasteiger charge is -2.24. The number of benzene rings is 1. The number of hydrogen-bond acceptors (Lipinski definition) is 4.